The maximum Gasteiger partial charge on any atom is 0.125 e. The van der Waals surface area contributed by atoms with Crippen LogP contribution >= 0.6 is 0 Å². The summed E-state index contributed by atoms with van der Waals surface area (Å²) in [5.41, 5.74) is 0.221. The molecule has 2 unspecified atom stereocenters. The third kappa shape index (κ3) is 2.70. The highest BCUT2D eigenvalue weighted by Gasteiger charge is 2.43. The van der Waals surface area contributed by atoms with Crippen LogP contribution in [0.5, 0.6) is 5.75 Å². The molecule has 0 spiro atoms. The van der Waals surface area contributed by atoms with Crippen LogP contribution in [0, 0.1) is 0 Å². The topological polar surface area (TPSA) is 41.5 Å². The van der Waals surface area contributed by atoms with Crippen molar-refractivity contribution in [3.05, 3.63) is 29.8 Å². The number of benzene rings is 1. The number of nitrogens with one attached hydrogen (secondary N) is 1. The SMILES string of the molecule is CC(C)Oc1ccccc1C1(O)CC2CCCC(C1)N2. The monoisotopic (exact) mass is 275 g/mol. The van der Waals surface area contributed by atoms with Crippen molar-refractivity contribution in [2.75, 3.05) is 0 Å². The van der Waals surface area contributed by atoms with Crippen LogP contribution in [0.1, 0.15) is 51.5 Å². The Morgan fingerprint density at radius 1 is 1.20 bits per heavy atom. The average Bonchev–Trinajstić information content (AvgIpc) is 2.37. The van der Waals surface area contributed by atoms with E-state index >= 15 is 0 Å². The molecule has 1 aromatic rings. The molecule has 110 valence electrons. The van der Waals surface area contributed by atoms with Crippen molar-refractivity contribution >= 4 is 0 Å². The van der Waals surface area contributed by atoms with Crippen molar-refractivity contribution in [1.82, 2.24) is 5.32 Å². The lowest BCUT2D eigenvalue weighted by atomic mass is 9.73. The van der Waals surface area contributed by atoms with Gasteiger partial charge in [-0.1, -0.05) is 24.6 Å². The molecular weight excluding hydrogens is 250 g/mol. The lowest BCUT2D eigenvalue weighted by molar-refractivity contribution is -0.0380. The van der Waals surface area contributed by atoms with Crippen molar-refractivity contribution < 1.29 is 9.84 Å². The highest BCUT2D eigenvalue weighted by Crippen LogP contribution is 2.43. The minimum Gasteiger partial charge on any atom is -0.491 e. The molecule has 3 nitrogen and oxygen atoms in total. The molecule has 2 atom stereocenters. The number of ether oxygens (including phenoxy) is 1. The van der Waals surface area contributed by atoms with Gasteiger partial charge in [0.15, 0.2) is 0 Å². The first kappa shape index (κ1) is 13.9. The van der Waals surface area contributed by atoms with Crippen molar-refractivity contribution in [2.24, 2.45) is 0 Å². The average molecular weight is 275 g/mol. The van der Waals surface area contributed by atoms with Gasteiger partial charge in [0.2, 0.25) is 0 Å². The third-order valence-electron chi connectivity index (χ3n) is 4.50. The molecule has 0 aromatic heterocycles. The van der Waals surface area contributed by atoms with Crippen LogP contribution in [0.4, 0.5) is 0 Å². The third-order valence-corrected chi connectivity index (χ3v) is 4.50. The second-order valence-electron chi connectivity index (χ2n) is 6.59. The molecule has 2 fully saturated rings. The fourth-order valence-electron chi connectivity index (χ4n) is 3.76. The standard InChI is InChI=1S/C17H25NO2/c1-12(2)20-16-9-4-3-8-15(16)17(19)10-13-6-5-7-14(11-17)18-13/h3-4,8-9,12-14,18-19H,5-7,10-11H2,1-2H3. The van der Waals surface area contributed by atoms with E-state index in [-0.39, 0.29) is 6.10 Å². The molecule has 2 aliphatic rings. The summed E-state index contributed by atoms with van der Waals surface area (Å²) in [6.07, 6.45) is 5.34. The summed E-state index contributed by atoms with van der Waals surface area (Å²) in [4.78, 5) is 0. The number of fused-ring (bicyclic) bond motifs is 2. The lowest BCUT2D eigenvalue weighted by Gasteiger charge is -2.45. The molecule has 2 aliphatic heterocycles. The Bertz CT molecular complexity index is 460. The van der Waals surface area contributed by atoms with Gasteiger partial charge in [0, 0.05) is 17.6 Å². The second kappa shape index (κ2) is 5.38. The first-order valence-electron chi connectivity index (χ1n) is 7.81. The van der Waals surface area contributed by atoms with Gasteiger partial charge in [0.1, 0.15) is 5.75 Å². The molecule has 0 saturated carbocycles. The lowest BCUT2D eigenvalue weighted by Crippen LogP contribution is -2.54. The van der Waals surface area contributed by atoms with Crippen molar-refractivity contribution in [3.63, 3.8) is 0 Å². The van der Waals surface area contributed by atoms with Gasteiger partial charge in [-0.25, -0.2) is 0 Å². The highest BCUT2D eigenvalue weighted by molar-refractivity contribution is 5.39. The smallest absolute Gasteiger partial charge is 0.125 e. The van der Waals surface area contributed by atoms with Gasteiger partial charge >= 0.3 is 0 Å². The Balaban J connectivity index is 1.91. The summed E-state index contributed by atoms with van der Waals surface area (Å²) in [6, 6.07) is 8.87. The van der Waals surface area contributed by atoms with E-state index < -0.39 is 5.60 Å². The van der Waals surface area contributed by atoms with Crippen LogP contribution in [0.2, 0.25) is 0 Å². The number of hydrogen-bond donors (Lipinski definition) is 2. The quantitative estimate of drug-likeness (QED) is 0.891. The predicted octanol–water partition coefficient (Wildman–Crippen LogP) is 2.97. The van der Waals surface area contributed by atoms with E-state index in [1.807, 2.05) is 38.1 Å². The molecular formula is C17H25NO2. The van der Waals surface area contributed by atoms with E-state index in [0.29, 0.717) is 12.1 Å². The van der Waals surface area contributed by atoms with Gasteiger partial charge in [0.25, 0.3) is 0 Å². The minimum absolute atomic E-state index is 0.126. The number of aliphatic hydroxyl groups is 1. The molecule has 2 heterocycles. The van der Waals surface area contributed by atoms with Crippen molar-refractivity contribution in [1.29, 1.82) is 0 Å². The molecule has 0 amide bonds. The summed E-state index contributed by atoms with van der Waals surface area (Å²) in [6.45, 7) is 4.05. The first-order chi connectivity index (χ1) is 9.57. The zero-order chi connectivity index (χ0) is 14.2. The van der Waals surface area contributed by atoms with Crippen molar-refractivity contribution in [2.45, 2.75) is 69.7 Å². The Labute approximate surface area is 121 Å². The largest absolute Gasteiger partial charge is 0.491 e. The van der Waals surface area contributed by atoms with Crippen molar-refractivity contribution in [3.8, 4) is 5.75 Å². The Hall–Kier alpha value is -1.06. The number of para-hydroxylation sites is 1. The summed E-state index contributed by atoms with van der Waals surface area (Å²) in [5.74, 6) is 0.838. The molecule has 2 bridgehead atoms. The highest BCUT2D eigenvalue weighted by atomic mass is 16.5. The fourth-order valence-corrected chi connectivity index (χ4v) is 3.76. The molecule has 3 rings (SSSR count). The van der Waals surface area contributed by atoms with Gasteiger partial charge in [-0.3, -0.25) is 0 Å². The molecule has 20 heavy (non-hydrogen) atoms. The van der Waals surface area contributed by atoms with Crippen LogP contribution in [-0.4, -0.2) is 23.3 Å². The van der Waals surface area contributed by atoms with Crippen LogP contribution < -0.4 is 10.1 Å². The molecule has 0 radical (unpaired) electrons. The summed E-state index contributed by atoms with van der Waals surface area (Å²) < 4.78 is 5.91. The number of rotatable bonds is 3. The van der Waals surface area contributed by atoms with Gasteiger partial charge in [-0.15, -0.1) is 0 Å². The van der Waals surface area contributed by atoms with Gasteiger partial charge in [0.05, 0.1) is 11.7 Å². The van der Waals surface area contributed by atoms with E-state index in [9.17, 15) is 5.11 Å². The molecule has 0 aliphatic carbocycles. The maximum atomic E-state index is 11.2. The van der Waals surface area contributed by atoms with E-state index in [2.05, 4.69) is 5.32 Å². The van der Waals surface area contributed by atoms with Crippen LogP contribution in [0.3, 0.4) is 0 Å². The van der Waals surface area contributed by atoms with Crippen LogP contribution in [0.15, 0.2) is 24.3 Å². The van der Waals surface area contributed by atoms with Gasteiger partial charge in [-0.2, -0.15) is 0 Å². The maximum absolute atomic E-state index is 11.2. The molecule has 3 heteroatoms. The van der Waals surface area contributed by atoms with Gasteiger partial charge in [-0.05, 0) is 45.6 Å². The summed E-state index contributed by atoms with van der Waals surface area (Å²) >= 11 is 0. The molecule has 1 aromatic carbocycles. The minimum atomic E-state index is -0.744. The molecule has 2 N–H and O–H groups in total. The normalized spacial score (nSPS) is 33.2. The van der Waals surface area contributed by atoms with Crippen LogP contribution in [-0.2, 0) is 5.60 Å². The zero-order valence-electron chi connectivity index (χ0n) is 12.4. The van der Waals surface area contributed by atoms with Gasteiger partial charge < -0.3 is 15.2 Å². The Morgan fingerprint density at radius 3 is 2.50 bits per heavy atom. The number of piperidine rings is 2. The van der Waals surface area contributed by atoms with E-state index in [1.54, 1.807) is 0 Å². The fraction of sp³-hybridized carbons (Fsp3) is 0.647. The second-order valence-corrected chi connectivity index (χ2v) is 6.59. The number of hydrogen-bond acceptors (Lipinski definition) is 3. The summed E-state index contributed by atoms with van der Waals surface area (Å²) in [5, 5.41) is 14.9. The predicted molar refractivity (Wildman–Crippen MR) is 79.9 cm³/mol. The van der Waals surface area contributed by atoms with E-state index in [0.717, 1.165) is 24.2 Å². The zero-order valence-corrected chi connectivity index (χ0v) is 12.4. The molecule has 2 saturated heterocycles. The Morgan fingerprint density at radius 2 is 1.85 bits per heavy atom. The van der Waals surface area contributed by atoms with E-state index in [1.165, 1.54) is 19.3 Å². The van der Waals surface area contributed by atoms with Crippen LogP contribution in [0.25, 0.3) is 0 Å². The summed E-state index contributed by atoms with van der Waals surface area (Å²) in [7, 11) is 0. The first-order valence-corrected chi connectivity index (χ1v) is 7.81. The van der Waals surface area contributed by atoms with E-state index in [4.69, 9.17) is 4.74 Å². The Kier molecular flexibility index (Phi) is 3.74.